The zero-order chi connectivity index (χ0) is 17.5. The highest BCUT2D eigenvalue weighted by atomic mass is 32.2. The van der Waals surface area contributed by atoms with Crippen molar-refractivity contribution in [3.63, 3.8) is 0 Å². The second-order valence-electron chi connectivity index (χ2n) is 5.58. The second kappa shape index (κ2) is 8.49. The van der Waals surface area contributed by atoms with Crippen LogP contribution in [-0.4, -0.2) is 11.7 Å². The lowest BCUT2D eigenvalue weighted by atomic mass is 10.0. The summed E-state index contributed by atoms with van der Waals surface area (Å²) in [4.78, 5) is 12.2. The van der Waals surface area contributed by atoms with E-state index in [1.807, 2.05) is 60.7 Å². The van der Waals surface area contributed by atoms with Crippen LogP contribution in [0, 0.1) is 5.82 Å². The van der Waals surface area contributed by atoms with E-state index in [2.05, 4.69) is 5.32 Å². The van der Waals surface area contributed by atoms with E-state index in [4.69, 9.17) is 0 Å². The third kappa shape index (κ3) is 4.94. The largest absolute Gasteiger partial charge is 0.325 e. The molecule has 0 saturated carbocycles. The van der Waals surface area contributed by atoms with Crippen molar-refractivity contribution < 1.29 is 9.18 Å². The fraction of sp³-hybridized carbons (Fsp3) is 0.0952. The molecular formula is C21H18FNOS. The first kappa shape index (κ1) is 17.2. The number of anilines is 1. The van der Waals surface area contributed by atoms with Crippen LogP contribution in [0.5, 0.6) is 0 Å². The van der Waals surface area contributed by atoms with E-state index in [1.54, 1.807) is 6.07 Å². The molecule has 0 aliphatic rings. The summed E-state index contributed by atoms with van der Waals surface area (Å²) in [6, 6.07) is 24.2. The highest BCUT2D eigenvalue weighted by Crippen LogP contribution is 2.27. The Morgan fingerprint density at radius 1 is 0.920 bits per heavy atom. The molecule has 3 aromatic carbocycles. The van der Waals surface area contributed by atoms with Gasteiger partial charge in [-0.25, -0.2) is 4.39 Å². The van der Waals surface area contributed by atoms with Gasteiger partial charge in [0.25, 0.3) is 0 Å². The van der Waals surface area contributed by atoms with Gasteiger partial charge >= 0.3 is 0 Å². The first-order valence-corrected chi connectivity index (χ1v) is 9.14. The molecule has 0 radical (unpaired) electrons. The highest BCUT2D eigenvalue weighted by molar-refractivity contribution is 7.99. The van der Waals surface area contributed by atoms with Crippen molar-refractivity contribution in [1.82, 2.24) is 0 Å². The average Bonchev–Trinajstić information content (AvgIpc) is 2.63. The van der Waals surface area contributed by atoms with E-state index in [0.29, 0.717) is 11.5 Å². The third-order valence-corrected chi connectivity index (χ3v) is 4.68. The number of hydrogen-bond acceptors (Lipinski definition) is 2. The van der Waals surface area contributed by atoms with Crippen LogP contribution < -0.4 is 5.32 Å². The number of halogens is 1. The summed E-state index contributed by atoms with van der Waals surface area (Å²) in [7, 11) is 0. The molecule has 2 nitrogen and oxygen atoms in total. The molecule has 0 fully saturated rings. The van der Waals surface area contributed by atoms with Crippen LogP contribution in [0.2, 0.25) is 0 Å². The molecule has 126 valence electrons. The van der Waals surface area contributed by atoms with Gasteiger partial charge in [-0.1, -0.05) is 60.7 Å². The van der Waals surface area contributed by atoms with E-state index in [0.717, 1.165) is 22.4 Å². The zero-order valence-electron chi connectivity index (χ0n) is 13.6. The predicted octanol–water partition coefficient (Wildman–Crippen LogP) is 5.36. The minimum Gasteiger partial charge on any atom is -0.325 e. The maximum absolute atomic E-state index is 13.2. The quantitative estimate of drug-likeness (QED) is 0.647. The van der Waals surface area contributed by atoms with Gasteiger partial charge in [0.05, 0.1) is 5.75 Å². The molecular weight excluding hydrogens is 333 g/mol. The lowest BCUT2D eigenvalue weighted by Crippen LogP contribution is -2.14. The molecule has 0 aliphatic heterocycles. The molecule has 0 spiro atoms. The molecule has 0 aliphatic carbocycles. The van der Waals surface area contributed by atoms with Crippen molar-refractivity contribution in [3.05, 3.63) is 90.2 Å². The smallest absolute Gasteiger partial charge is 0.234 e. The fourth-order valence-electron chi connectivity index (χ4n) is 2.54. The number of carbonyl (C=O) groups is 1. The van der Waals surface area contributed by atoms with Crippen molar-refractivity contribution in [2.24, 2.45) is 0 Å². The van der Waals surface area contributed by atoms with Gasteiger partial charge in [-0.2, -0.15) is 0 Å². The molecule has 4 heteroatoms. The average molecular weight is 351 g/mol. The van der Waals surface area contributed by atoms with Crippen LogP contribution in [0.15, 0.2) is 78.9 Å². The fourth-order valence-corrected chi connectivity index (χ4v) is 3.31. The normalized spacial score (nSPS) is 10.4. The van der Waals surface area contributed by atoms with Gasteiger partial charge in [-0.15, -0.1) is 11.8 Å². The topological polar surface area (TPSA) is 29.1 Å². The van der Waals surface area contributed by atoms with Crippen molar-refractivity contribution >= 4 is 23.4 Å². The summed E-state index contributed by atoms with van der Waals surface area (Å²) in [6.45, 7) is 0. The minimum atomic E-state index is -0.251. The molecule has 0 saturated heterocycles. The Morgan fingerprint density at radius 2 is 1.68 bits per heavy atom. The number of thioether (sulfide) groups is 1. The lowest BCUT2D eigenvalue weighted by molar-refractivity contribution is -0.113. The second-order valence-corrected chi connectivity index (χ2v) is 6.57. The summed E-state index contributed by atoms with van der Waals surface area (Å²) in [5.74, 6) is 0.606. The van der Waals surface area contributed by atoms with E-state index in [9.17, 15) is 9.18 Å². The molecule has 0 aromatic heterocycles. The van der Waals surface area contributed by atoms with E-state index < -0.39 is 0 Å². The van der Waals surface area contributed by atoms with Gasteiger partial charge in [0.1, 0.15) is 5.82 Å². The summed E-state index contributed by atoms with van der Waals surface area (Å²) in [5.41, 5.74) is 3.73. The maximum atomic E-state index is 13.2. The van der Waals surface area contributed by atoms with Crippen molar-refractivity contribution in [2.45, 2.75) is 5.75 Å². The van der Waals surface area contributed by atoms with E-state index >= 15 is 0 Å². The molecule has 1 amide bonds. The molecule has 25 heavy (non-hydrogen) atoms. The monoisotopic (exact) mass is 351 g/mol. The number of hydrogen-bond donors (Lipinski definition) is 1. The summed E-state index contributed by atoms with van der Waals surface area (Å²) in [5, 5.41) is 2.97. The molecule has 0 heterocycles. The number of benzene rings is 3. The van der Waals surface area contributed by atoms with Crippen LogP contribution in [0.1, 0.15) is 5.56 Å². The Hall–Kier alpha value is -2.59. The molecule has 3 rings (SSSR count). The third-order valence-electron chi connectivity index (χ3n) is 3.68. The van der Waals surface area contributed by atoms with Crippen molar-refractivity contribution in [1.29, 1.82) is 0 Å². The maximum Gasteiger partial charge on any atom is 0.234 e. The summed E-state index contributed by atoms with van der Waals surface area (Å²) < 4.78 is 13.2. The van der Waals surface area contributed by atoms with Gasteiger partial charge in [-0.3, -0.25) is 4.79 Å². The Balaban J connectivity index is 1.60. The van der Waals surface area contributed by atoms with Crippen LogP contribution in [0.25, 0.3) is 11.1 Å². The standard InChI is InChI=1S/C21H18FNOS/c22-18-10-6-7-16(13-18)14-25-15-21(24)23-20-12-5-4-11-19(20)17-8-2-1-3-9-17/h1-13H,14-15H2,(H,23,24). The Labute approximate surface area is 151 Å². The van der Waals surface area contributed by atoms with Crippen molar-refractivity contribution in [3.8, 4) is 11.1 Å². The predicted molar refractivity (Wildman–Crippen MR) is 103 cm³/mol. The van der Waals surface area contributed by atoms with Gasteiger partial charge in [0, 0.05) is 17.0 Å². The van der Waals surface area contributed by atoms with Gasteiger partial charge in [0.2, 0.25) is 5.91 Å². The number of carbonyl (C=O) groups excluding carboxylic acids is 1. The Morgan fingerprint density at radius 3 is 2.48 bits per heavy atom. The number of nitrogens with one attached hydrogen (secondary N) is 1. The van der Waals surface area contributed by atoms with Crippen LogP contribution in [0.4, 0.5) is 10.1 Å². The van der Waals surface area contributed by atoms with Crippen LogP contribution in [-0.2, 0) is 10.5 Å². The van der Waals surface area contributed by atoms with Gasteiger partial charge in [0.15, 0.2) is 0 Å². The van der Waals surface area contributed by atoms with E-state index in [-0.39, 0.29) is 11.7 Å². The van der Waals surface area contributed by atoms with Crippen LogP contribution >= 0.6 is 11.8 Å². The molecule has 0 atom stereocenters. The van der Waals surface area contributed by atoms with Crippen molar-refractivity contribution in [2.75, 3.05) is 11.1 Å². The summed E-state index contributed by atoms with van der Waals surface area (Å²) in [6.07, 6.45) is 0. The Bertz CT molecular complexity index is 851. The number of para-hydroxylation sites is 1. The Kier molecular flexibility index (Phi) is 5.86. The molecule has 0 bridgehead atoms. The molecule has 0 unspecified atom stereocenters. The lowest BCUT2D eigenvalue weighted by Gasteiger charge is -2.11. The SMILES string of the molecule is O=C(CSCc1cccc(F)c1)Nc1ccccc1-c1ccccc1. The zero-order valence-corrected chi connectivity index (χ0v) is 14.4. The number of rotatable bonds is 6. The van der Waals surface area contributed by atoms with Gasteiger partial charge in [-0.05, 0) is 29.3 Å². The van der Waals surface area contributed by atoms with Gasteiger partial charge < -0.3 is 5.32 Å². The molecule has 1 N–H and O–H groups in total. The minimum absolute atomic E-state index is 0.0650. The molecule has 3 aromatic rings. The first-order chi connectivity index (χ1) is 12.2. The number of amides is 1. The summed E-state index contributed by atoms with van der Waals surface area (Å²) >= 11 is 1.47. The van der Waals surface area contributed by atoms with E-state index in [1.165, 1.54) is 23.9 Å². The van der Waals surface area contributed by atoms with Crippen LogP contribution in [0.3, 0.4) is 0 Å². The first-order valence-electron chi connectivity index (χ1n) is 7.99. The highest BCUT2D eigenvalue weighted by Gasteiger charge is 2.08.